The molecule has 6 aromatic rings. The predicted molar refractivity (Wildman–Crippen MR) is 162 cm³/mol. The maximum absolute atomic E-state index is 11.8. The van der Waals surface area contributed by atoms with Crippen LogP contribution >= 0.6 is 7.92 Å². The van der Waals surface area contributed by atoms with Crippen LogP contribution in [0.5, 0.6) is 0 Å². The molecule has 0 amide bonds. The molecule has 0 heterocycles. The van der Waals surface area contributed by atoms with Crippen LogP contribution in [0.2, 0.25) is 0 Å². The van der Waals surface area contributed by atoms with Crippen molar-refractivity contribution in [1.29, 1.82) is 0 Å². The molecule has 2 nitrogen and oxygen atoms in total. The van der Waals surface area contributed by atoms with Gasteiger partial charge in [-0.2, -0.15) is 0 Å². The summed E-state index contributed by atoms with van der Waals surface area (Å²) in [6, 6.07) is 47.1. The summed E-state index contributed by atoms with van der Waals surface area (Å²) in [6.07, 6.45) is 0.558. The summed E-state index contributed by atoms with van der Waals surface area (Å²) in [5.41, 5.74) is 3.43. The summed E-state index contributed by atoms with van der Waals surface area (Å²) < 4.78 is 0. The number of rotatable bonds is 7. The van der Waals surface area contributed by atoms with Gasteiger partial charge in [-0.3, -0.25) is 4.79 Å². The minimum absolute atomic E-state index is 0.0869. The minimum Gasteiger partial charge on any atom is -0.481 e. The van der Waals surface area contributed by atoms with Gasteiger partial charge in [0.2, 0.25) is 0 Å². The predicted octanol–water partition coefficient (Wildman–Crippen LogP) is 7.44. The fourth-order valence-electron chi connectivity index (χ4n) is 5.48. The number of aliphatic carboxylic acids is 1. The molecule has 0 aliphatic heterocycles. The molecule has 0 atom stereocenters. The van der Waals surface area contributed by atoms with Crippen LogP contribution in [-0.4, -0.2) is 11.1 Å². The smallest absolute Gasteiger partial charge is 0.303 e. The van der Waals surface area contributed by atoms with Gasteiger partial charge >= 0.3 is 5.97 Å². The second-order valence-electron chi connectivity index (χ2n) is 9.36. The van der Waals surface area contributed by atoms with Crippen molar-refractivity contribution in [2.24, 2.45) is 0 Å². The number of benzene rings is 6. The van der Waals surface area contributed by atoms with E-state index in [-0.39, 0.29) is 6.42 Å². The highest BCUT2D eigenvalue weighted by molar-refractivity contribution is 7.80. The Morgan fingerprint density at radius 2 is 1.03 bits per heavy atom. The van der Waals surface area contributed by atoms with Crippen LogP contribution in [0.15, 0.2) is 133 Å². The first kappa shape index (κ1) is 24.1. The van der Waals surface area contributed by atoms with Crippen LogP contribution in [0, 0.1) is 0 Å². The molecule has 0 aliphatic carbocycles. The van der Waals surface area contributed by atoms with Gasteiger partial charge in [0.25, 0.3) is 0 Å². The first-order valence-corrected chi connectivity index (χ1v) is 14.2. The van der Waals surface area contributed by atoms with Crippen LogP contribution in [0.25, 0.3) is 32.7 Å². The van der Waals surface area contributed by atoms with Crippen molar-refractivity contribution in [3.05, 3.63) is 139 Å². The van der Waals surface area contributed by atoms with E-state index in [4.69, 9.17) is 0 Å². The van der Waals surface area contributed by atoms with Crippen molar-refractivity contribution in [1.82, 2.24) is 0 Å². The van der Waals surface area contributed by atoms with Crippen LogP contribution in [0.1, 0.15) is 12.0 Å². The Hall–Kier alpha value is -4.26. The molecule has 0 aromatic heterocycles. The van der Waals surface area contributed by atoms with Gasteiger partial charge in [0.15, 0.2) is 0 Å². The monoisotopic (exact) mass is 510 g/mol. The molecular formula is C35H27O2P. The first-order chi connectivity index (χ1) is 18.7. The molecule has 0 radical (unpaired) electrons. The number of aryl methyl sites for hydroxylation is 1. The maximum atomic E-state index is 11.8. The third-order valence-electron chi connectivity index (χ3n) is 7.07. The average Bonchev–Trinajstić information content (AvgIpc) is 2.97. The molecule has 0 unspecified atom stereocenters. The highest BCUT2D eigenvalue weighted by Gasteiger charge is 2.24. The Morgan fingerprint density at radius 1 is 0.553 bits per heavy atom. The Bertz CT molecular complexity index is 1700. The number of hydrogen-bond donors (Lipinski definition) is 1. The number of carboxylic acids is 1. The van der Waals surface area contributed by atoms with Gasteiger partial charge in [0.1, 0.15) is 0 Å². The summed E-state index contributed by atoms with van der Waals surface area (Å²) in [4.78, 5) is 11.8. The van der Waals surface area contributed by atoms with Gasteiger partial charge in [0.05, 0.1) is 0 Å². The van der Waals surface area contributed by atoms with Gasteiger partial charge in [-0.05, 0) is 68.5 Å². The molecule has 0 aliphatic rings. The van der Waals surface area contributed by atoms with Crippen molar-refractivity contribution >= 4 is 51.3 Å². The lowest BCUT2D eigenvalue weighted by Gasteiger charge is -2.25. The van der Waals surface area contributed by atoms with E-state index in [0.29, 0.717) is 6.42 Å². The molecule has 0 bridgehead atoms. The number of carboxylic acid groups (broad SMARTS) is 1. The standard InChI is InChI=1S/C35H27O2P/c36-34(37)24-23-31-29-19-8-7-17-27(29)28-18-9-10-20-30(28)35(31)32-21-11-12-22-33(32)38(25-13-3-1-4-14-25)26-15-5-2-6-16-26/h1-22H,23-24H2,(H,36,37). The van der Waals surface area contributed by atoms with Crippen molar-refractivity contribution in [3.63, 3.8) is 0 Å². The zero-order valence-corrected chi connectivity index (χ0v) is 21.8. The lowest BCUT2D eigenvalue weighted by Crippen LogP contribution is -2.22. The van der Waals surface area contributed by atoms with Gasteiger partial charge < -0.3 is 5.11 Å². The zero-order chi connectivity index (χ0) is 25.9. The molecule has 6 rings (SSSR count). The maximum Gasteiger partial charge on any atom is 0.303 e. The Labute approximate surface area is 224 Å². The molecule has 0 saturated carbocycles. The van der Waals surface area contributed by atoms with Crippen LogP contribution < -0.4 is 15.9 Å². The van der Waals surface area contributed by atoms with E-state index in [1.54, 1.807) is 0 Å². The normalized spacial score (nSPS) is 11.3. The molecular weight excluding hydrogens is 483 g/mol. The van der Waals surface area contributed by atoms with E-state index in [2.05, 4.69) is 133 Å². The molecule has 184 valence electrons. The summed E-state index contributed by atoms with van der Waals surface area (Å²) >= 11 is 0. The molecule has 38 heavy (non-hydrogen) atoms. The highest BCUT2D eigenvalue weighted by Crippen LogP contribution is 2.43. The van der Waals surface area contributed by atoms with E-state index in [9.17, 15) is 9.90 Å². The third kappa shape index (κ3) is 4.49. The molecule has 1 N–H and O–H groups in total. The fourth-order valence-corrected chi connectivity index (χ4v) is 7.93. The van der Waals surface area contributed by atoms with E-state index in [0.717, 1.165) is 27.3 Å². The van der Waals surface area contributed by atoms with Crippen LogP contribution in [0.3, 0.4) is 0 Å². The van der Waals surface area contributed by atoms with Crippen molar-refractivity contribution in [2.45, 2.75) is 12.8 Å². The molecule has 0 spiro atoms. The second-order valence-corrected chi connectivity index (χ2v) is 11.5. The van der Waals surface area contributed by atoms with Crippen molar-refractivity contribution in [2.75, 3.05) is 0 Å². The van der Waals surface area contributed by atoms with E-state index < -0.39 is 13.9 Å². The number of fused-ring (bicyclic) bond motifs is 3. The minimum atomic E-state index is -0.839. The van der Waals surface area contributed by atoms with Crippen molar-refractivity contribution in [3.8, 4) is 11.1 Å². The molecule has 6 aromatic carbocycles. The fraction of sp³-hybridized carbons (Fsp3) is 0.0571. The summed E-state index contributed by atoms with van der Waals surface area (Å²) in [5, 5.41) is 18.2. The lowest BCUT2D eigenvalue weighted by atomic mass is 9.86. The first-order valence-electron chi connectivity index (χ1n) is 12.9. The zero-order valence-electron chi connectivity index (χ0n) is 20.9. The largest absolute Gasteiger partial charge is 0.481 e. The van der Waals surface area contributed by atoms with E-state index >= 15 is 0 Å². The topological polar surface area (TPSA) is 37.3 Å². The number of hydrogen-bond acceptors (Lipinski definition) is 1. The summed E-state index contributed by atoms with van der Waals surface area (Å²) in [7, 11) is -0.839. The number of carbonyl (C=O) groups is 1. The Morgan fingerprint density at radius 3 is 1.63 bits per heavy atom. The van der Waals surface area contributed by atoms with Crippen LogP contribution in [0.4, 0.5) is 0 Å². The Kier molecular flexibility index (Phi) is 6.73. The molecule has 0 saturated heterocycles. The molecule has 0 fully saturated rings. The Balaban J connectivity index is 1.71. The lowest BCUT2D eigenvalue weighted by molar-refractivity contribution is -0.136. The quantitative estimate of drug-likeness (QED) is 0.179. The van der Waals surface area contributed by atoms with E-state index in [1.807, 2.05) is 0 Å². The molecule has 3 heteroatoms. The van der Waals surface area contributed by atoms with Gasteiger partial charge in [0, 0.05) is 6.42 Å². The average molecular weight is 511 g/mol. The van der Waals surface area contributed by atoms with Gasteiger partial charge in [-0.25, -0.2) is 0 Å². The highest BCUT2D eigenvalue weighted by atomic mass is 31.1. The van der Waals surface area contributed by atoms with E-state index in [1.165, 1.54) is 26.9 Å². The van der Waals surface area contributed by atoms with Gasteiger partial charge in [-0.15, -0.1) is 0 Å². The van der Waals surface area contributed by atoms with Gasteiger partial charge in [-0.1, -0.05) is 133 Å². The second kappa shape index (κ2) is 10.6. The van der Waals surface area contributed by atoms with Crippen molar-refractivity contribution < 1.29 is 9.90 Å². The summed E-state index contributed by atoms with van der Waals surface area (Å²) in [6.45, 7) is 0. The summed E-state index contributed by atoms with van der Waals surface area (Å²) in [5.74, 6) is -0.780. The third-order valence-corrected chi connectivity index (χ3v) is 9.57. The van der Waals surface area contributed by atoms with Crippen LogP contribution in [-0.2, 0) is 11.2 Å². The SMILES string of the molecule is O=C(O)CCc1c(-c2ccccc2P(c2ccccc2)c2ccccc2)c2ccccc2c2ccccc12.